The van der Waals surface area contributed by atoms with Gasteiger partial charge in [-0.3, -0.25) is 0 Å². The monoisotopic (exact) mass is 269 g/mol. The van der Waals surface area contributed by atoms with Crippen molar-refractivity contribution in [3.8, 4) is 5.75 Å². The molecule has 18 heavy (non-hydrogen) atoms. The van der Waals surface area contributed by atoms with Gasteiger partial charge in [0.2, 0.25) is 0 Å². The molecular weight excluding hydrogens is 250 g/mol. The fraction of sp³-hybridized carbons (Fsp3) is 0.571. The SMILES string of the molecule is CCNCc1c(Cl)cccc1OC1CCCOC1. The molecule has 0 aliphatic carbocycles. The van der Waals surface area contributed by atoms with Gasteiger partial charge in [0.25, 0.3) is 0 Å². The van der Waals surface area contributed by atoms with Gasteiger partial charge in [-0.25, -0.2) is 0 Å². The minimum absolute atomic E-state index is 0.151. The van der Waals surface area contributed by atoms with Crippen molar-refractivity contribution in [1.82, 2.24) is 5.32 Å². The molecule has 0 radical (unpaired) electrons. The van der Waals surface area contributed by atoms with Crippen LogP contribution in [0.4, 0.5) is 0 Å². The van der Waals surface area contributed by atoms with E-state index in [1.54, 1.807) is 0 Å². The number of hydrogen-bond acceptors (Lipinski definition) is 3. The number of rotatable bonds is 5. The summed E-state index contributed by atoms with van der Waals surface area (Å²) in [6.45, 7) is 5.25. The number of halogens is 1. The van der Waals surface area contributed by atoms with Gasteiger partial charge < -0.3 is 14.8 Å². The van der Waals surface area contributed by atoms with Crippen molar-refractivity contribution in [3.05, 3.63) is 28.8 Å². The minimum atomic E-state index is 0.151. The lowest BCUT2D eigenvalue weighted by Gasteiger charge is -2.24. The van der Waals surface area contributed by atoms with Crippen LogP contribution in [0, 0.1) is 0 Å². The molecular formula is C14H20ClNO2. The molecule has 0 aromatic heterocycles. The van der Waals surface area contributed by atoms with Crippen LogP contribution < -0.4 is 10.1 Å². The zero-order valence-electron chi connectivity index (χ0n) is 10.7. The van der Waals surface area contributed by atoms with E-state index < -0.39 is 0 Å². The molecule has 0 bridgehead atoms. The molecule has 100 valence electrons. The highest BCUT2D eigenvalue weighted by Gasteiger charge is 2.17. The minimum Gasteiger partial charge on any atom is -0.488 e. The summed E-state index contributed by atoms with van der Waals surface area (Å²) in [5.41, 5.74) is 1.03. The molecule has 1 aromatic rings. The summed E-state index contributed by atoms with van der Waals surface area (Å²) >= 11 is 6.23. The van der Waals surface area contributed by atoms with Crippen LogP contribution >= 0.6 is 11.6 Å². The molecule has 0 spiro atoms. The molecule has 1 aromatic carbocycles. The largest absolute Gasteiger partial charge is 0.488 e. The second-order valence-corrected chi connectivity index (χ2v) is 4.86. The van der Waals surface area contributed by atoms with Crippen LogP contribution in [0.15, 0.2) is 18.2 Å². The Morgan fingerprint density at radius 1 is 1.50 bits per heavy atom. The third-order valence-corrected chi connectivity index (χ3v) is 3.39. The Balaban J connectivity index is 2.07. The van der Waals surface area contributed by atoms with E-state index in [0.717, 1.165) is 48.9 Å². The zero-order valence-corrected chi connectivity index (χ0v) is 11.5. The second-order valence-electron chi connectivity index (χ2n) is 4.45. The van der Waals surface area contributed by atoms with E-state index in [1.165, 1.54) is 0 Å². The van der Waals surface area contributed by atoms with Gasteiger partial charge in [-0.1, -0.05) is 24.6 Å². The average molecular weight is 270 g/mol. The normalized spacial score (nSPS) is 19.8. The van der Waals surface area contributed by atoms with Crippen LogP contribution in [0.5, 0.6) is 5.75 Å². The Morgan fingerprint density at radius 3 is 3.11 bits per heavy atom. The molecule has 1 fully saturated rings. The average Bonchev–Trinajstić information content (AvgIpc) is 2.39. The maximum atomic E-state index is 6.23. The lowest BCUT2D eigenvalue weighted by atomic mass is 10.1. The number of ether oxygens (including phenoxy) is 2. The van der Waals surface area contributed by atoms with Gasteiger partial charge in [-0.15, -0.1) is 0 Å². The van der Waals surface area contributed by atoms with Crippen molar-refractivity contribution in [2.24, 2.45) is 0 Å². The van der Waals surface area contributed by atoms with Crippen LogP contribution in [0.25, 0.3) is 0 Å². The zero-order chi connectivity index (χ0) is 12.8. The summed E-state index contributed by atoms with van der Waals surface area (Å²) in [6, 6.07) is 5.81. The quantitative estimate of drug-likeness (QED) is 0.891. The smallest absolute Gasteiger partial charge is 0.125 e. The van der Waals surface area contributed by atoms with Crippen molar-refractivity contribution >= 4 is 11.6 Å². The summed E-state index contributed by atoms with van der Waals surface area (Å²) in [7, 11) is 0. The maximum Gasteiger partial charge on any atom is 0.125 e. The van der Waals surface area contributed by atoms with E-state index in [1.807, 2.05) is 18.2 Å². The number of benzene rings is 1. The highest BCUT2D eigenvalue weighted by atomic mass is 35.5. The maximum absolute atomic E-state index is 6.23. The first kappa shape index (κ1) is 13.7. The third kappa shape index (κ3) is 3.61. The molecule has 0 saturated carbocycles. The molecule has 1 atom stereocenters. The van der Waals surface area contributed by atoms with Crippen molar-refractivity contribution in [2.75, 3.05) is 19.8 Å². The Morgan fingerprint density at radius 2 is 2.39 bits per heavy atom. The topological polar surface area (TPSA) is 30.5 Å². The molecule has 1 N–H and O–H groups in total. The van der Waals surface area contributed by atoms with Gasteiger partial charge in [0.1, 0.15) is 11.9 Å². The third-order valence-electron chi connectivity index (χ3n) is 3.04. The summed E-state index contributed by atoms with van der Waals surface area (Å²) in [6.07, 6.45) is 2.26. The Bertz CT molecular complexity index is 378. The first-order valence-corrected chi connectivity index (χ1v) is 6.91. The van der Waals surface area contributed by atoms with Crippen LogP contribution in [0.1, 0.15) is 25.3 Å². The van der Waals surface area contributed by atoms with Crippen LogP contribution in [-0.2, 0) is 11.3 Å². The van der Waals surface area contributed by atoms with Crippen LogP contribution in [0.2, 0.25) is 5.02 Å². The van der Waals surface area contributed by atoms with E-state index in [9.17, 15) is 0 Å². The summed E-state index contributed by atoms with van der Waals surface area (Å²) in [5.74, 6) is 0.874. The Kier molecular flexibility index (Phi) is 5.29. The molecule has 1 aliphatic heterocycles. The van der Waals surface area contributed by atoms with E-state index in [0.29, 0.717) is 6.61 Å². The Labute approximate surface area is 113 Å². The highest BCUT2D eigenvalue weighted by molar-refractivity contribution is 6.31. The summed E-state index contributed by atoms with van der Waals surface area (Å²) in [5, 5.41) is 4.04. The van der Waals surface area contributed by atoms with E-state index in [4.69, 9.17) is 21.1 Å². The van der Waals surface area contributed by atoms with Gasteiger partial charge in [0.05, 0.1) is 6.61 Å². The molecule has 4 heteroatoms. The van der Waals surface area contributed by atoms with Gasteiger partial charge in [0.15, 0.2) is 0 Å². The van der Waals surface area contributed by atoms with Gasteiger partial charge >= 0.3 is 0 Å². The standard InChI is InChI=1S/C14H20ClNO2/c1-2-16-9-12-13(15)6-3-7-14(12)18-11-5-4-8-17-10-11/h3,6-7,11,16H,2,4-5,8-10H2,1H3. The fourth-order valence-corrected chi connectivity index (χ4v) is 2.29. The lowest BCUT2D eigenvalue weighted by molar-refractivity contribution is 0.00701. The molecule has 1 heterocycles. The molecule has 3 nitrogen and oxygen atoms in total. The molecule has 2 rings (SSSR count). The van der Waals surface area contributed by atoms with Crippen LogP contribution in [-0.4, -0.2) is 25.9 Å². The van der Waals surface area contributed by atoms with Crippen molar-refractivity contribution < 1.29 is 9.47 Å². The molecule has 1 saturated heterocycles. The van der Waals surface area contributed by atoms with Crippen LogP contribution in [0.3, 0.4) is 0 Å². The molecule has 1 unspecified atom stereocenters. The predicted molar refractivity (Wildman–Crippen MR) is 73.3 cm³/mol. The molecule has 0 amide bonds. The van der Waals surface area contributed by atoms with Gasteiger partial charge in [-0.05, 0) is 31.5 Å². The van der Waals surface area contributed by atoms with Crippen molar-refractivity contribution in [1.29, 1.82) is 0 Å². The number of nitrogens with one attached hydrogen (secondary N) is 1. The highest BCUT2D eigenvalue weighted by Crippen LogP contribution is 2.28. The van der Waals surface area contributed by atoms with Crippen molar-refractivity contribution in [2.45, 2.75) is 32.4 Å². The van der Waals surface area contributed by atoms with E-state index in [-0.39, 0.29) is 6.10 Å². The second kappa shape index (κ2) is 6.98. The van der Waals surface area contributed by atoms with E-state index in [2.05, 4.69) is 12.2 Å². The predicted octanol–water partition coefficient (Wildman–Crippen LogP) is 3.01. The summed E-state index contributed by atoms with van der Waals surface area (Å²) in [4.78, 5) is 0. The number of hydrogen-bond donors (Lipinski definition) is 1. The lowest BCUT2D eigenvalue weighted by Crippen LogP contribution is -2.28. The van der Waals surface area contributed by atoms with Gasteiger partial charge in [-0.2, -0.15) is 0 Å². The fourth-order valence-electron chi connectivity index (χ4n) is 2.05. The first-order chi connectivity index (χ1) is 8.81. The molecule has 1 aliphatic rings. The first-order valence-electron chi connectivity index (χ1n) is 6.53. The van der Waals surface area contributed by atoms with Crippen molar-refractivity contribution in [3.63, 3.8) is 0 Å². The Hall–Kier alpha value is -0.770. The summed E-state index contributed by atoms with van der Waals surface area (Å²) < 4.78 is 11.4. The van der Waals surface area contributed by atoms with E-state index >= 15 is 0 Å². The van der Waals surface area contributed by atoms with Gasteiger partial charge in [0, 0.05) is 23.7 Å².